The lowest BCUT2D eigenvalue weighted by molar-refractivity contribution is 0.0691. The highest BCUT2D eigenvalue weighted by molar-refractivity contribution is 7.12. The van der Waals surface area contributed by atoms with Gasteiger partial charge in [0.05, 0.1) is 21.6 Å². The normalized spacial score (nSPS) is 12.7. The van der Waals surface area contributed by atoms with E-state index >= 15 is 0 Å². The van der Waals surface area contributed by atoms with Crippen LogP contribution < -0.4 is 10.1 Å². The molecule has 1 N–H and O–H groups in total. The number of rotatable bonds is 4. The predicted molar refractivity (Wildman–Crippen MR) is 107 cm³/mol. The molecule has 1 aliphatic heterocycles. The second-order valence-electron chi connectivity index (χ2n) is 6.28. The summed E-state index contributed by atoms with van der Waals surface area (Å²) in [5, 5.41) is 4.57. The summed E-state index contributed by atoms with van der Waals surface area (Å²) in [5.74, 6) is -1.44. The fourth-order valence-electron chi connectivity index (χ4n) is 2.86. The zero-order chi connectivity index (χ0) is 20.5. The summed E-state index contributed by atoms with van der Waals surface area (Å²) in [6.45, 7) is 0. The highest BCUT2D eigenvalue weighted by Gasteiger charge is 2.33. The number of imide groups is 1. The summed E-state index contributed by atoms with van der Waals surface area (Å²) >= 11 is 1.34. The number of esters is 1. The van der Waals surface area contributed by atoms with Crippen molar-refractivity contribution >= 4 is 40.7 Å². The van der Waals surface area contributed by atoms with Crippen molar-refractivity contribution in [2.75, 3.05) is 12.4 Å². The maximum absolute atomic E-state index is 12.4. The summed E-state index contributed by atoms with van der Waals surface area (Å²) in [4.78, 5) is 50.0. The van der Waals surface area contributed by atoms with Crippen molar-refractivity contribution in [1.82, 2.24) is 4.90 Å². The SMILES string of the molecule is CN1C(=O)c2ccc(C(=O)Oc3ccc(NC(=O)c4cccs4)cc3)cc2C1=O. The van der Waals surface area contributed by atoms with Crippen LogP contribution in [-0.2, 0) is 0 Å². The average Bonchev–Trinajstić information content (AvgIpc) is 3.34. The van der Waals surface area contributed by atoms with Crippen LogP contribution in [0.5, 0.6) is 5.75 Å². The molecule has 3 amide bonds. The lowest BCUT2D eigenvalue weighted by atomic mass is 10.1. The number of benzene rings is 2. The number of hydrogen-bond acceptors (Lipinski definition) is 6. The van der Waals surface area contributed by atoms with E-state index in [4.69, 9.17) is 4.74 Å². The van der Waals surface area contributed by atoms with Crippen LogP contribution in [0.1, 0.15) is 40.7 Å². The number of fused-ring (bicyclic) bond motifs is 1. The molecule has 1 aromatic heterocycles. The summed E-state index contributed by atoms with van der Waals surface area (Å²) in [6, 6.07) is 14.1. The maximum atomic E-state index is 12.4. The molecule has 0 saturated heterocycles. The van der Waals surface area contributed by atoms with Crippen molar-refractivity contribution in [1.29, 1.82) is 0 Å². The monoisotopic (exact) mass is 406 g/mol. The van der Waals surface area contributed by atoms with Gasteiger partial charge in [-0.1, -0.05) is 6.07 Å². The summed E-state index contributed by atoms with van der Waals surface area (Å²) in [7, 11) is 1.39. The fourth-order valence-corrected chi connectivity index (χ4v) is 3.48. The van der Waals surface area contributed by atoms with Gasteiger partial charge in [-0.2, -0.15) is 0 Å². The Morgan fingerprint density at radius 1 is 0.966 bits per heavy atom. The van der Waals surface area contributed by atoms with Crippen molar-refractivity contribution in [3.8, 4) is 5.75 Å². The molecule has 0 saturated carbocycles. The Balaban J connectivity index is 1.45. The number of anilines is 1. The molecule has 2 aromatic carbocycles. The fraction of sp³-hybridized carbons (Fsp3) is 0.0476. The Morgan fingerprint density at radius 2 is 1.69 bits per heavy atom. The lowest BCUT2D eigenvalue weighted by Gasteiger charge is -2.07. The zero-order valence-electron chi connectivity index (χ0n) is 15.2. The van der Waals surface area contributed by atoms with Crippen molar-refractivity contribution in [3.05, 3.63) is 81.5 Å². The minimum Gasteiger partial charge on any atom is -0.423 e. The predicted octanol–water partition coefficient (Wildman–Crippen LogP) is 3.45. The van der Waals surface area contributed by atoms with Crippen molar-refractivity contribution in [2.45, 2.75) is 0 Å². The van der Waals surface area contributed by atoms with Crippen LogP contribution >= 0.6 is 11.3 Å². The van der Waals surface area contributed by atoms with E-state index in [0.29, 0.717) is 10.6 Å². The van der Waals surface area contributed by atoms with Gasteiger partial charge in [0.1, 0.15) is 5.75 Å². The summed E-state index contributed by atoms with van der Waals surface area (Å²) in [6.07, 6.45) is 0. The van der Waals surface area contributed by atoms with Crippen LogP contribution in [0, 0.1) is 0 Å². The Labute approximate surface area is 169 Å². The van der Waals surface area contributed by atoms with Crippen LogP contribution in [0.25, 0.3) is 0 Å². The Kier molecular flexibility index (Phi) is 4.69. The molecule has 0 bridgehead atoms. The van der Waals surface area contributed by atoms with Gasteiger partial charge in [0, 0.05) is 12.7 Å². The van der Waals surface area contributed by atoms with Gasteiger partial charge in [-0.15, -0.1) is 11.3 Å². The number of hydrogen-bond donors (Lipinski definition) is 1. The van der Waals surface area contributed by atoms with Gasteiger partial charge in [0.15, 0.2) is 0 Å². The van der Waals surface area contributed by atoms with E-state index < -0.39 is 17.8 Å². The molecule has 0 radical (unpaired) electrons. The van der Waals surface area contributed by atoms with Crippen LogP contribution in [0.3, 0.4) is 0 Å². The maximum Gasteiger partial charge on any atom is 0.343 e. The number of ether oxygens (including phenoxy) is 1. The molecule has 0 atom stereocenters. The molecule has 0 unspecified atom stereocenters. The minimum atomic E-state index is -0.655. The molecule has 8 heteroatoms. The van der Waals surface area contributed by atoms with Gasteiger partial charge in [-0.25, -0.2) is 4.79 Å². The van der Waals surface area contributed by atoms with E-state index in [1.54, 1.807) is 36.4 Å². The third-order valence-corrected chi connectivity index (χ3v) is 5.26. The average molecular weight is 406 g/mol. The minimum absolute atomic E-state index is 0.162. The molecular formula is C21H14N2O5S. The first-order valence-corrected chi connectivity index (χ1v) is 9.45. The molecule has 29 heavy (non-hydrogen) atoms. The highest BCUT2D eigenvalue weighted by Crippen LogP contribution is 2.24. The molecule has 3 aromatic rings. The van der Waals surface area contributed by atoms with Gasteiger partial charge >= 0.3 is 5.97 Å². The number of nitrogens with one attached hydrogen (secondary N) is 1. The molecule has 0 aliphatic carbocycles. The number of nitrogens with zero attached hydrogens (tertiary/aromatic N) is 1. The number of carbonyl (C=O) groups is 4. The van der Waals surface area contributed by atoms with Crippen molar-refractivity contribution < 1.29 is 23.9 Å². The van der Waals surface area contributed by atoms with Gasteiger partial charge in [-0.05, 0) is 53.9 Å². The number of carbonyl (C=O) groups excluding carboxylic acids is 4. The van der Waals surface area contributed by atoms with E-state index in [9.17, 15) is 19.2 Å². The zero-order valence-corrected chi connectivity index (χ0v) is 16.0. The Morgan fingerprint density at radius 3 is 2.38 bits per heavy atom. The lowest BCUT2D eigenvalue weighted by Crippen LogP contribution is -2.24. The smallest absolute Gasteiger partial charge is 0.343 e. The number of thiophene rings is 1. The first-order valence-electron chi connectivity index (χ1n) is 8.57. The van der Waals surface area contributed by atoms with Crippen LogP contribution in [-0.4, -0.2) is 35.6 Å². The van der Waals surface area contributed by atoms with E-state index in [1.165, 1.54) is 36.6 Å². The van der Waals surface area contributed by atoms with Crippen LogP contribution in [0.15, 0.2) is 60.0 Å². The van der Waals surface area contributed by atoms with Gasteiger partial charge in [0.25, 0.3) is 17.7 Å². The molecular weight excluding hydrogens is 392 g/mol. The summed E-state index contributed by atoms with van der Waals surface area (Å²) in [5.41, 5.74) is 1.17. The summed E-state index contributed by atoms with van der Waals surface area (Å²) < 4.78 is 5.32. The molecule has 2 heterocycles. The molecule has 0 spiro atoms. The second-order valence-corrected chi connectivity index (χ2v) is 7.22. The van der Waals surface area contributed by atoms with Crippen LogP contribution in [0.2, 0.25) is 0 Å². The first kappa shape index (κ1) is 18.6. The highest BCUT2D eigenvalue weighted by atomic mass is 32.1. The molecule has 1 aliphatic rings. The van der Waals surface area contributed by atoms with E-state index in [-0.39, 0.29) is 28.3 Å². The van der Waals surface area contributed by atoms with E-state index in [0.717, 1.165) is 4.90 Å². The topological polar surface area (TPSA) is 92.8 Å². The molecule has 0 fully saturated rings. The largest absolute Gasteiger partial charge is 0.423 e. The Hall–Kier alpha value is -3.78. The Bertz CT molecular complexity index is 1140. The van der Waals surface area contributed by atoms with Crippen molar-refractivity contribution in [3.63, 3.8) is 0 Å². The van der Waals surface area contributed by atoms with Gasteiger partial charge in [0.2, 0.25) is 0 Å². The van der Waals surface area contributed by atoms with Gasteiger partial charge in [-0.3, -0.25) is 19.3 Å². The third kappa shape index (κ3) is 3.53. The van der Waals surface area contributed by atoms with Crippen LogP contribution in [0.4, 0.5) is 5.69 Å². The van der Waals surface area contributed by atoms with Gasteiger partial charge < -0.3 is 10.1 Å². The second kappa shape index (κ2) is 7.33. The first-order chi connectivity index (χ1) is 13.9. The standard InChI is InChI=1S/C21H14N2O5S/c1-23-19(25)15-9-4-12(11-16(15)20(23)26)21(27)28-14-7-5-13(6-8-14)22-18(24)17-3-2-10-29-17/h2-11H,1H3,(H,22,24). The molecule has 4 rings (SSSR count). The molecule has 7 nitrogen and oxygen atoms in total. The van der Waals surface area contributed by atoms with E-state index in [2.05, 4.69) is 5.32 Å². The van der Waals surface area contributed by atoms with E-state index in [1.807, 2.05) is 5.38 Å². The quantitative estimate of drug-likeness (QED) is 0.407. The van der Waals surface area contributed by atoms with Crippen molar-refractivity contribution in [2.24, 2.45) is 0 Å². The third-order valence-electron chi connectivity index (χ3n) is 4.39. The number of amides is 3. The molecule has 144 valence electrons.